The van der Waals surface area contributed by atoms with Crippen LogP contribution in [0.2, 0.25) is 0 Å². The average molecular weight is 373 g/mol. The van der Waals surface area contributed by atoms with Crippen LogP contribution in [0.25, 0.3) is 0 Å². The Morgan fingerprint density at radius 3 is 2.89 bits per heavy atom. The van der Waals surface area contributed by atoms with Crippen LogP contribution >= 0.6 is 0 Å². The maximum absolute atomic E-state index is 11.9. The van der Waals surface area contributed by atoms with E-state index in [1.807, 2.05) is 32.1 Å². The van der Waals surface area contributed by atoms with E-state index in [1.165, 1.54) is 19.4 Å². The lowest BCUT2D eigenvalue weighted by Gasteiger charge is -2.37. The summed E-state index contributed by atoms with van der Waals surface area (Å²) < 4.78 is 10.5. The molecule has 3 rings (SSSR count). The molecule has 3 heterocycles. The van der Waals surface area contributed by atoms with Crippen molar-refractivity contribution >= 4 is 11.8 Å². The first-order valence-corrected chi connectivity index (χ1v) is 9.09. The van der Waals surface area contributed by atoms with Crippen molar-refractivity contribution in [2.75, 3.05) is 51.1 Å². The first-order valence-electron chi connectivity index (χ1n) is 9.09. The third-order valence-electron chi connectivity index (χ3n) is 4.88. The molecule has 1 aliphatic rings. The molecule has 1 aliphatic heterocycles. The lowest BCUT2D eigenvalue weighted by Crippen LogP contribution is -2.46. The molecular weight excluding hydrogens is 346 g/mol. The molecular formula is C19H27N5O3. The van der Waals surface area contributed by atoms with Crippen molar-refractivity contribution in [3.63, 3.8) is 0 Å². The molecule has 0 radical (unpaired) electrons. The van der Waals surface area contributed by atoms with Crippen LogP contribution in [0.5, 0.6) is 5.75 Å². The van der Waals surface area contributed by atoms with E-state index >= 15 is 0 Å². The van der Waals surface area contributed by atoms with Crippen LogP contribution in [0.3, 0.4) is 0 Å². The van der Waals surface area contributed by atoms with Gasteiger partial charge >= 0.3 is 0 Å². The molecule has 0 saturated carbocycles. The van der Waals surface area contributed by atoms with Gasteiger partial charge in [0, 0.05) is 46.0 Å². The van der Waals surface area contributed by atoms with Crippen LogP contribution < -0.4 is 20.0 Å². The summed E-state index contributed by atoms with van der Waals surface area (Å²) in [7, 11) is 7.44. The molecule has 1 atom stereocenters. The van der Waals surface area contributed by atoms with Crippen LogP contribution in [-0.2, 0) is 6.54 Å². The highest BCUT2D eigenvalue weighted by Crippen LogP contribution is 2.21. The summed E-state index contributed by atoms with van der Waals surface area (Å²) in [5, 5.41) is 0. The van der Waals surface area contributed by atoms with E-state index in [0.29, 0.717) is 18.3 Å². The fourth-order valence-corrected chi connectivity index (χ4v) is 3.30. The molecule has 27 heavy (non-hydrogen) atoms. The van der Waals surface area contributed by atoms with E-state index in [4.69, 9.17) is 9.15 Å². The Labute approximate surface area is 159 Å². The predicted molar refractivity (Wildman–Crippen MR) is 105 cm³/mol. The Morgan fingerprint density at radius 2 is 2.19 bits per heavy atom. The first kappa shape index (κ1) is 19.2. The molecule has 0 aliphatic carbocycles. The number of likely N-dealkylation sites (N-methyl/N-ethyl adjacent to an activating group) is 1. The van der Waals surface area contributed by atoms with Crippen molar-refractivity contribution in [3.05, 3.63) is 40.6 Å². The minimum absolute atomic E-state index is 0.154. The van der Waals surface area contributed by atoms with E-state index in [-0.39, 0.29) is 11.2 Å². The van der Waals surface area contributed by atoms with E-state index in [1.54, 1.807) is 6.20 Å². The summed E-state index contributed by atoms with van der Waals surface area (Å²) in [4.78, 5) is 27.4. The SMILES string of the molecule is COc1coc(CN2CCCC(N(C)c3nccc(N(C)C)n3)C2)cc1=O. The minimum Gasteiger partial charge on any atom is -0.490 e. The van der Waals surface area contributed by atoms with Crippen molar-refractivity contribution in [3.8, 4) is 5.75 Å². The van der Waals surface area contributed by atoms with Crippen molar-refractivity contribution in [1.29, 1.82) is 0 Å². The molecule has 2 aromatic heterocycles. The quantitative estimate of drug-likeness (QED) is 0.756. The highest BCUT2D eigenvalue weighted by atomic mass is 16.5. The van der Waals surface area contributed by atoms with E-state index in [2.05, 4.69) is 19.8 Å². The van der Waals surface area contributed by atoms with Gasteiger partial charge in [-0.1, -0.05) is 0 Å². The summed E-state index contributed by atoms with van der Waals surface area (Å²) in [6, 6.07) is 3.72. The minimum atomic E-state index is -0.154. The number of piperidine rings is 1. The summed E-state index contributed by atoms with van der Waals surface area (Å²) in [6.07, 6.45) is 5.32. The van der Waals surface area contributed by atoms with Crippen LogP contribution in [-0.4, -0.2) is 62.3 Å². The fourth-order valence-electron chi connectivity index (χ4n) is 3.30. The van der Waals surface area contributed by atoms with Gasteiger partial charge in [-0.3, -0.25) is 9.69 Å². The standard InChI is InChI=1S/C19H27N5O3/c1-22(2)18-7-8-20-19(21-18)23(3)14-6-5-9-24(11-14)12-15-10-16(25)17(26-4)13-27-15/h7-8,10,13-14H,5-6,9,11-12H2,1-4H3. The molecule has 0 N–H and O–H groups in total. The summed E-state index contributed by atoms with van der Waals surface area (Å²) >= 11 is 0. The maximum Gasteiger partial charge on any atom is 0.227 e. The highest BCUT2D eigenvalue weighted by Gasteiger charge is 2.25. The number of aromatic nitrogens is 2. The Hall–Kier alpha value is -2.61. The largest absolute Gasteiger partial charge is 0.490 e. The van der Waals surface area contributed by atoms with Gasteiger partial charge in [-0.25, -0.2) is 4.98 Å². The fraction of sp³-hybridized carbons (Fsp3) is 0.526. The number of anilines is 2. The molecule has 1 unspecified atom stereocenters. The number of hydrogen-bond donors (Lipinski definition) is 0. The van der Waals surface area contributed by atoms with E-state index in [0.717, 1.165) is 37.7 Å². The lowest BCUT2D eigenvalue weighted by molar-refractivity contribution is 0.183. The van der Waals surface area contributed by atoms with Crippen molar-refractivity contribution in [2.24, 2.45) is 0 Å². The van der Waals surface area contributed by atoms with Gasteiger partial charge < -0.3 is 19.0 Å². The van der Waals surface area contributed by atoms with Crippen molar-refractivity contribution in [1.82, 2.24) is 14.9 Å². The van der Waals surface area contributed by atoms with Gasteiger partial charge in [0.15, 0.2) is 0 Å². The predicted octanol–water partition coefficient (Wildman–Crippen LogP) is 1.61. The molecule has 146 valence electrons. The summed E-state index contributed by atoms with van der Waals surface area (Å²) in [5.41, 5.74) is -0.154. The molecule has 0 amide bonds. The van der Waals surface area contributed by atoms with Crippen LogP contribution in [0.4, 0.5) is 11.8 Å². The number of ether oxygens (including phenoxy) is 1. The molecule has 1 saturated heterocycles. The van der Waals surface area contributed by atoms with Gasteiger partial charge in [0.1, 0.15) is 17.8 Å². The number of methoxy groups -OCH3 is 1. The third kappa shape index (κ3) is 4.57. The van der Waals surface area contributed by atoms with Crippen LogP contribution in [0.15, 0.2) is 33.8 Å². The molecule has 8 heteroatoms. The van der Waals surface area contributed by atoms with Gasteiger partial charge in [-0.05, 0) is 25.5 Å². The highest BCUT2D eigenvalue weighted by molar-refractivity contribution is 5.42. The lowest BCUT2D eigenvalue weighted by atomic mass is 10.0. The van der Waals surface area contributed by atoms with E-state index < -0.39 is 0 Å². The molecule has 8 nitrogen and oxygen atoms in total. The van der Waals surface area contributed by atoms with Crippen molar-refractivity contribution < 1.29 is 9.15 Å². The zero-order valence-electron chi connectivity index (χ0n) is 16.4. The summed E-state index contributed by atoms with van der Waals surface area (Å²) in [6.45, 7) is 2.43. The van der Waals surface area contributed by atoms with Crippen LogP contribution in [0, 0.1) is 0 Å². The second-order valence-electron chi connectivity index (χ2n) is 7.03. The van der Waals surface area contributed by atoms with Gasteiger partial charge in [0.05, 0.1) is 13.7 Å². The second kappa shape index (κ2) is 8.39. The zero-order chi connectivity index (χ0) is 19.4. The normalized spacial score (nSPS) is 17.6. The number of rotatable bonds is 6. The Balaban J connectivity index is 1.67. The van der Waals surface area contributed by atoms with Gasteiger partial charge in [-0.15, -0.1) is 0 Å². The van der Waals surface area contributed by atoms with Crippen molar-refractivity contribution in [2.45, 2.75) is 25.4 Å². The smallest absolute Gasteiger partial charge is 0.227 e. The number of nitrogens with zero attached hydrogens (tertiary/aromatic N) is 5. The van der Waals surface area contributed by atoms with Gasteiger partial charge in [-0.2, -0.15) is 4.98 Å². The summed E-state index contributed by atoms with van der Waals surface area (Å²) in [5.74, 6) is 2.49. The monoisotopic (exact) mass is 373 g/mol. The molecule has 2 aromatic rings. The molecule has 1 fully saturated rings. The number of hydrogen-bond acceptors (Lipinski definition) is 8. The van der Waals surface area contributed by atoms with E-state index in [9.17, 15) is 4.79 Å². The maximum atomic E-state index is 11.9. The second-order valence-corrected chi connectivity index (χ2v) is 7.03. The number of likely N-dealkylation sites (tertiary alicyclic amines) is 1. The first-order chi connectivity index (χ1) is 13.0. The Kier molecular flexibility index (Phi) is 5.95. The topological polar surface area (TPSA) is 74.9 Å². The molecule has 0 spiro atoms. The van der Waals surface area contributed by atoms with Gasteiger partial charge in [0.2, 0.25) is 17.1 Å². The zero-order valence-corrected chi connectivity index (χ0v) is 16.4. The molecule has 0 aromatic carbocycles. The van der Waals surface area contributed by atoms with Crippen LogP contribution in [0.1, 0.15) is 18.6 Å². The van der Waals surface area contributed by atoms with Gasteiger partial charge in [0.25, 0.3) is 0 Å². The molecule has 0 bridgehead atoms. The third-order valence-corrected chi connectivity index (χ3v) is 4.88. The average Bonchev–Trinajstić information content (AvgIpc) is 2.68. The Morgan fingerprint density at radius 1 is 1.37 bits per heavy atom. The Bertz CT molecular complexity index is 823.